The molecule has 3 heteroatoms. The zero-order valence-electron chi connectivity index (χ0n) is 11.9. The Morgan fingerprint density at radius 2 is 1.72 bits per heavy atom. The van der Waals surface area contributed by atoms with Crippen LogP contribution in [0.3, 0.4) is 0 Å². The van der Waals surface area contributed by atoms with Crippen molar-refractivity contribution >= 4 is 0 Å². The molecule has 0 amide bonds. The van der Waals surface area contributed by atoms with Gasteiger partial charge in [-0.1, -0.05) is 6.92 Å². The van der Waals surface area contributed by atoms with Gasteiger partial charge in [0, 0.05) is 19.1 Å². The predicted octanol–water partition coefficient (Wildman–Crippen LogP) is 1.40. The molecular formula is C15H29N3. The maximum absolute atomic E-state index is 3.54. The van der Waals surface area contributed by atoms with E-state index >= 15 is 0 Å². The Bertz CT molecular complexity index is 254. The first-order valence-electron chi connectivity index (χ1n) is 8.00. The molecule has 0 spiro atoms. The number of nitrogens with zero attached hydrogens (tertiary/aromatic N) is 2. The van der Waals surface area contributed by atoms with E-state index in [2.05, 4.69) is 22.0 Å². The molecule has 0 aliphatic carbocycles. The molecule has 0 radical (unpaired) electrons. The fraction of sp³-hybridized carbons (Fsp3) is 1.00. The molecule has 0 aromatic heterocycles. The smallest absolute Gasteiger partial charge is 0.0258 e. The minimum absolute atomic E-state index is 0.817. The quantitative estimate of drug-likeness (QED) is 0.818. The molecule has 0 aromatic rings. The molecule has 2 atom stereocenters. The summed E-state index contributed by atoms with van der Waals surface area (Å²) < 4.78 is 0. The fourth-order valence-corrected chi connectivity index (χ4v) is 4.08. The first kappa shape index (κ1) is 12.9. The van der Waals surface area contributed by atoms with E-state index in [0.29, 0.717) is 0 Å². The van der Waals surface area contributed by atoms with Crippen LogP contribution in [0, 0.1) is 11.8 Å². The van der Waals surface area contributed by atoms with E-state index in [0.717, 1.165) is 17.9 Å². The van der Waals surface area contributed by atoms with Gasteiger partial charge >= 0.3 is 0 Å². The van der Waals surface area contributed by atoms with Crippen LogP contribution in [-0.4, -0.2) is 61.7 Å². The summed E-state index contributed by atoms with van der Waals surface area (Å²) in [6.07, 6.45) is 5.73. The lowest BCUT2D eigenvalue weighted by atomic mass is 9.93. The van der Waals surface area contributed by atoms with Crippen LogP contribution in [0.2, 0.25) is 0 Å². The van der Waals surface area contributed by atoms with Gasteiger partial charge in [-0.15, -0.1) is 0 Å². The Morgan fingerprint density at radius 3 is 2.33 bits per heavy atom. The van der Waals surface area contributed by atoms with E-state index in [-0.39, 0.29) is 0 Å². The van der Waals surface area contributed by atoms with E-state index < -0.39 is 0 Å². The molecule has 18 heavy (non-hydrogen) atoms. The molecule has 104 valence electrons. The zero-order valence-corrected chi connectivity index (χ0v) is 11.9. The second-order valence-corrected chi connectivity index (χ2v) is 6.69. The summed E-state index contributed by atoms with van der Waals surface area (Å²) in [5.74, 6) is 1.82. The molecule has 0 aromatic carbocycles. The summed E-state index contributed by atoms with van der Waals surface area (Å²) in [4.78, 5) is 5.45. The average molecular weight is 251 g/mol. The van der Waals surface area contributed by atoms with Crippen LogP contribution in [0.1, 0.15) is 32.6 Å². The Labute approximate surface area is 112 Å². The van der Waals surface area contributed by atoms with Gasteiger partial charge in [-0.25, -0.2) is 0 Å². The van der Waals surface area contributed by atoms with Gasteiger partial charge in [-0.3, -0.25) is 4.90 Å². The van der Waals surface area contributed by atoms with Gasteiger partial charge < -0.3 is 10.2 Å². The van der Waals surface area contributed by atoms with Gasteiger partial charge in [0.25, 0.3) is 0 Å². The van der Waals surface area contributed by atoms with Crippen molar-refractivity contribution in [3.05, 3.63) is 0 Å². The van der Waals surface area contributed by atoms with Gasteiger partial charge in [0.05, 0.1) is 0 Å². The summed E-state index contributed by atoms with van der Waals surface area (Å²) >= 11 is 0. The molecule has 0 saturated carbocycles. The van der Waals surface area contributed by atoms with Crippen LogP contribution < -0.4 is 5.32 Å². The van der Waals surface area contributed by atoms with Crippen molar-refractivity contribution in [3.8, 4) is 0 Å². The van der Waals surface area contributed by atoms with E-state index in [4.69, 9.17) is 0 Å². The summed E-state index contributed by atoms with van der Waals surface area (Å²) in [5, 5.41) is 3.54. The molecule has 3 aliphatic rings. The Kier molecular flexibility index (Phi) is 4.22. The molecule has 3 nitrogen and oxygen atoms in total. The standard InChI is InChI=1S/C15H29N3/c1-13-10-16-11-15(13)18-8-4-14(5-9-18)12-17-6-2-3-7-17/h13-16H,2-12H2,1H3. The van der Waals surface area contributed by atoms with Crippen molar-refractivity contribution in [1.82, 2.24) is 15.1 Å². The predicted molar refractivity (Wildman–Crippen MR) is 75.8 cm³/mol. The van der Waals surface area contributed by atoms with Crippen LogP contribution in [0.5, 0.6) is 0 Å². The molecule has 3 saturated heterocycles. The van der Waals surface area contributed by atoms with Crippen molar-refractivity contribution in [1.29, 1.82) is 0 Å². The third-order valence-corrected chi connectivity index (χ3v) is 5.31. The van der Waals surface area contributed by atoms with Crippen molar-refractivity contribution < 1.29 is 0 Å². The maximum Gasteiger partial charge on any atom is 0.0258 e. The number of nitrogens with one attached hydrogen (secondary N) is 1. The first-order chi connectivity index (χ1) is 8.83. The lowest BCUT2D eigenvalue weighted by Crippen LogP contribution is -2.46. The average Bonchev–Trinajstić information content (AvgIpc) is 3.02. The van der Waals surface area contributed by atoms with Crippen molar-refractivity contribution in [2.45, 2.75) is 38.6 Å². The Hall–Kier alpha value is -0.120. The molecule has 1 N–H and O–H groups in total. The second-order valence-electron chi connectivity index (χ2n) is 6.69. The van der Waals surface area contributed by atoms with Gasteiger partial charge in [0.15, 0.2) is 0 Å². The van der Waals surface area contributed by atoms with E-state index in [9.17, 15) is 0 Å². The van der Waals surface area contributed by atoms with Crippen LogP contribution in [-0.2, 0) is 0 Å². The minimum atomic E-state index is 0.817. The van der Waals surface area contributed by atoms with Crippen molar-refractivity contribution in [2.24, 2.45) is 11.8 Å². The topological polar surface area (TPSA) is 18.5 Å². The van der Waals surface area contributed by atoms with Crippen molar-refractivity contribution in [3.63, 3.8) is 0 Å². The Morgan fingerprint density at radius 1 is 1.00 bits per heavy atom. The molecule has 3 rings (SSSR count). The molecule has 2 unspecified atom stereocenters. The van der Waals surface area contributed by atoms with Crippen LogP contribution in [0.25, 0.3) is 0 Å². The van der Waals surface area contributed by atoms with Crippen LogP contribution in [0.4, 0.5) is 0 Å². The molecule has 3 aliphatic heterocycles. The second kappa shape index (κ2) is 5.89. The highest BCUT2D eigenvalue weighted by molar-refractivity contribution is 4.89. The lowest BCUT2D eigenvalue weighted by molar-refractivity contribution is 0.106. The fourth-order valence-electron chi connectivity index (χ4n) is 4.08. The summed E-state index contributed by atoms with van der Waals surface area (Å²) in [6, 6.07) is 0.817. The van der Waals surface area contributed by atoms with E-state index in [1.54, 1.807) is 0 Å². The van der Waals surface area contributed by atoms with E-state index in [1.807, 2.05) is 0 Å². The summed E-state index contributed by atoms with van der Waals surface area (Å²) in [7, 11) is 0. The highest BCUT2D eigenvalue weighted by Gasteiger charge is 2.32. The molecule has 3 fully saturated rings. The summed E-state index contributed by atoms with van der Waals surface area (Å²) in [6.45, 7) is 11.6. The molecule has 3 heterocycles. The number of likely N-dealkylation sites (tertiary alicyclic amines) is 2. The van der Waals surface area contributed by atoms with Crippen molar-refractivity contribution in [2.75, 3.05) is 45.8 Å². The first-order valence-corrected chi connectivity index (χ1v) is 8.00. The number of rotatable bonds is 3. The normalized spacial score (nSPS) is 36.5. The Balaban J connectivity index is 1.43. The van der Waals surface area contributed by atoms with Gasteiger partial charge in [0.1, 0.15) is 0 Å². The monoisotopic (exact) mass is 251 g/mol. The molecular weight excluding hydrogens is 222 g/mol. The third-order valence-electron chi connectivity index (χ3n) is 5.31. The number of piperidine rings is 1. The van der Waals surface area contributed by atoms with Gasteiger partial charge in [0.2, 0.25) is 0 Å². The third kappa shape index (κ3) is 2.89. The maximum atomic E-state index is 3.54. The minimum Gasteiger partial charge on any atom is -0.315 e. The van der Waals surface area contributed by atoms with Crippen LogP contribution >= 0.6 is 0 Å². The van der Waals surface area contributed by atoms with Gasteiger partial charge in [-0.2, -0.15) is 0 Å². The van der Waals surface area contributed by atoms with E-state index in [1.165, 1.54) is 71.5 Å². The van der Waals surface area contributed by atoms with Gasteiger partial charge in [-0.05, 0) is 70.2 Å². The number of hydrogen-bond acceptors (Lipinski definition) is 3. The summed E-state index contributed by atoms with van der Waals surface area (Å²) in [5.41, 5.74) is 0. The highest BCUT2D eigenvalue weighted by Crippen LogP contribution is 2.25. The highest BCUT2D eigenvalue weighted by atomic mass is 15.2. The van der Waals surface area contributed by atoms with Crippen LogP contribution in [0.15, 0.2) is 0 Å². The lowest BCUT2D eigenvalue weighted by Gasteiger charge is -2.38. The number of hydrogen-bond donors (Lipinski definition) is 1. The SMILES string of the molecule is CC1CNCC1N1CCC(CN2CCCC2)CC1. The largest absolute Gasteiger partial charge is 0.315 e. The zero-order chi connectivity index (χ0) is 12.4. The molecule has 0 bridgehead atoms.